The van der Waals surface area contributed by atoms with Crippen LogP contribution >= 0.6 is 16.2 Å². The first-order chi connectivity index (χ1) is 6.58. The molecule has 0 saturated heterocycles. The Labute approximate surface area is 124 Å². The molecule has 0 bridgehead atoms. The van der Waals surface area contributed by atoms with Crippen LogP contribution in [0.4, 0.5) is 0 Å². The molecular weight excluding hydrogens is 257 g/mol. The van der Waals surface area contributed by atoms with Crippen LogP contribution < -0.4 is 34.5 Å². The summed E-state index contributed by atoms with van der Waals surface area (Å²) in [4.78, 5) is 15.7. The smallest absolute Gasteiger partial charge is 0.781 e. The third-order valence-electron chi connectivity index (χ3n) is 1.62. The fraction of sp³-hybridized carbons (Fsp3) is 1.00. The van der Waals surface area contributed by atoms with E-state index < -0.39 is 8.25 Å². The van der Waals surface area contributed by atoms with Crippen LogP contribution in [-0.2, 0) is 4.57 Å². The van der Waals surface area contributed by atoms with Crippen LogP contribution in [0.1, 0.15) is 40.0 Å². The molecule has 0 spiro atoms. The van der Waals surface area contributed by atoms with E-state index in [1.807, 2.05) is 0 Å². The second-order valence-corrected chi connectivity index (χ2v) is 6.32. The van der Waals surface area contributed by atoms with Gasteiger partial charge in [-0.15, -0.1) is 7.92 Å². The maximum atomic E-state index is 8.63. The number of hydrogen-bond donors (Lipinski definition) is 1. The quantitative estimate of drug-likeness (QED) is 0.480. The van der Waals surface area contributed by atoms with E-state index in [1.165, 1.54) is 37.7 Å². The van der Waals surface area contributed by atoms with Crippen LogP contribution in [0.5, 0.6) is 0 Å². The maximum Gasteiger partial charge on any atom is 1.00 e. The normalized spacial score (nSPS) is 10.6. The third kappa shape index (κ3) is 29.6. The van der Waals surface area contributed by atoms with Crippen molar-refractivity contribution in [2.24, 2.45) is 0 Å². The molecule has 16 heavy (non-hydrogen) atoms. The minimum atomic E-state index is -3.38. The fourth-order valence-corrected chi connectivity index (χ4v) is 3.85. The van der Waals surface area contributed by atoms with Crippen molar-refractivity contribution < 1.29 is 49.4 Å². The van der Waals surface area contributed by atoms with E-state index in [4.69, 9.17) is 14.4 Å². The summed E-state index contributed by atoms with van der Waals surface area (Å²) in [5.74, 6) is 0. The number of hydrogen-bond acceptors (Lipinski definition) is 2. The molecule has 96 valence electrons. The average Bonchev–Trinajstić information content (AvgIpc) is 2.04. The average molecular weight is 282 g/mol. The molecule has 0 rings (SSSR count). The molecule has 0 saturated carbocycles. The summed E-state index contributed by atoms with van der Waals surface area (Å²) in [6.07, 6.45) is 8.72. The van der Waals surface area contributed by atoms with Crippen LogP contribution in [0, 0.1) is 0 Å². The Balaban J connectivity index is -0.000000105. The molecule has 0 aliphatic carbocycles. The molecule has 7 heteroatoms. The Morgan fingerprint density at radius 2 is 1.25 bits per heavy atom. The van der Waals surface area contributed by atoms with Gasteiger partial charge in [-0.1, -0.05) is 40.0 Å². The Morgan fingerprint density at radius 3 is 1.38 bits per heavy atom. The van der Waals surface area contributed by atoms with Crippen LogP contribution in [0.15, 0.2) is 0 Å². The summed E-state index contributed by atoms with van der Waals surface area (Å²) in [5.41, 5.74) is 0. The summed E-state index contributed by atoms with van der Waals surface area (Å²) >= 11 is 0. The molecule has 0 fully saturated rings. The van der Waals surface area contributed by atoms with Crippen LogP contribution in [0.2, 0.25) is 0 Å². The van der Waals surface area contributed by atoms with Crippen molar-refractivity contribution in [3.63, 3.8) is 0 Å². The van der Waals surface area contributed by atoms with E-state index in [9.17, 15) is 0 Å². The Morgan fingerprint density at radius 1 is 1.06 bits per heavy atom. The SMILES string of the molecule is CCCP(CCC)CCC.O.O=[PH]([O-])O.[Na+]. The van der Waals surface area contributed by atoms with Gasteiger partial charge in [-0.25, -0.2) is 0 Å². The maximum absolute atomic E-state index is 8.63. The third-order valence-corrected chi connectivity index (χ3v) is 4.86. The van der Waals surface area contributed by atoms with E-state index in [0.29, 0.717) is 7.92 Å². The summed E-state index contributed by atoms with van der Waals surface area (Å²) in [5, 5.41) is 0. The van der Waals surface area contributed by atoms with Gasteiger partial charge in [0.1, 0.15) is 8.25 Å². The van der Waals surface area contributed by atoms with Crippen molar-refractivity contribution in [1.82, 2.24) is 0 Å². The first kappa shape index (κ1) is 26.2. The van der Waals surface area contributed by atoms with Gasteiger partial charge in [-0.2, -0.15) is 0 Å². The molecule has 0 aliphatic heterocycles. The molecular formula is C9H25NaO4P2. The van der Waals surface area contributed by atoms with E-state index >= 15 is 0 Å². The van der Waals surface area contributed by atoms with Crippen molar-refractivity contribution in [3.8, 4) is 0 Å². The van der Waals surface area contributed by atoms with Gasteiger partial charge in [0.05, 0.1) is 0 Å². The Bertz CT molecular complexity index is 120. The second-order valence-electron chi connectivity index (χ2n) is 3.11. The summed E-state index contributed by atoms with van der Waals surface area (Å²) in [6, 6.07) is 0. The molecule has 0 radical (unpaired) electrons. The first-order valence-corrected chi connectivity index (χ1v) is 8.36. The zero-order chi connectivity index (χ0) is 11.4. The molecule has 0 aliphatic rings. The molecule has 0 heterocycles. The van der Waals surface area contributed by atoms with Gasteiger partial charge in [0.25, 0.3) is 0 Å². The van der Waals surface area contributed by atoms with Crippen molar-refractivity contribution in [2.75, 3.05) is 18.5 Å². The summed E-state index contributed by atoms with van der Waals surface area (Å²) < 4.78 is 8.63. The summed E-state index contributed by atoms with van der Waals surface area (Å²) in [7, 11) is -2.94. The first-order valence-electron chi connectivity index (χ1n) is 5.20. The van der Waals surface area contributed by atoms with Crippen molar-refractivity contribution >= 4 is 16.2 Å². The van der Waals surface area contributed by atoms with Crippen LogP contribution in [0.25, 0.3) is 0 Å². The molecule has 4 nitrogen and oxygen atoms in total. The van der Waals surface area contributed by atoms with Crippen LogP contribution in [-0.4, -0.2) is 28.9 Å². The van der Waals surface area contributed by atoms with Gasteiger partial charge < -0.3 is 19.8 Å². The standard InChI is InChI=1S/C9H21P.Na.H3O3P.H2O/c1-4-7-10(8-5-2)9-6-3;;1-4(2)3;/h4-9H2,1-3H3;;4H,(H2,1,2,3);1H2/q;+1;;/p-1. The molecule has 0 aromatic heterocycles. The van der Waals surface area contributed by atoms with Crippen LogP contribution in [0.3, 0.4) is 0 Å². The molecule has 3 N–H and O–H groups in total. The van der Waals surface area contributed by atoms with Crippen molar-refractivity contribution in [3.05, 3.63) is 0 Å². The molecule has 0 aromatic rings. The minimum Gasteiger partial charge on any atom is -0.781 e. The molecule has 1 unspecified atom stereocenters. The fourth-order valence-electron chi connectivity index (χ4n) is 1.28. The molecule has 1 atom stereocenters. The largest absolute Gasteiger partial charge is 1.00 e. The second kappa shape index (κ2) is 21.8. The molecule has 0 aromatic carbocycles. The topological polar surface area (TPSA) is 91.9 Å². The predicted octanol–water partition coefficient (Wildman–Crippen LogP) is -1.39. The van der Waals surface area contributed by atoms with Gasteiger partial charge in [-0.3, -0.25) is 0 Å². The predicted molar refractivity (Wildman–Crippen MR) is 67.2 cm³/mol. The van der Waals surface area contributed by atoms with Gasteiger partial charge in [0, 0.05) is 0 Å². The van der Waals surface area contributed by atoms with Gasteiger partial charge in [0.15, 0.2) is 0 Å². The van der Waals surface area contributed by atoms with Gasteiger partial charge >= 0.3 is 29.6 Å². The van der Waals surface area contributed by atoms with E-state index in [-0.39, 0.29) is 35.0 Å². The van der Waals surface area contributed by atoms with E-state index in [1.54, 1.807) is 0 Å². The van der Waals surface area contributed by atoms with Crippen molar-refractivity contribution in [2.45, 2.75) is 40.0 Å². The van der Waals surface area contributed by atoms with E-state index in [0.717, 1.165) is 0 Å². The monoisotopic (exact) mass is 282 g/mol. The zero-order valence-electron chi connectivity index (χ0n) is 11.0. The number of rotatable bonds is 6. The summed E-state index contributed by atoms with van der Waals surface area (Å²) in [6.45, 7) is 6.92. The van der Waals surface area contributed by atoms with Gasteiger partial charge in [-0.05, 0) is 18.5 Å². The van der Waals surface area contributed by atoms with Gasteiger partial charge in [0.2, 0.25) is 0 Å². The molecule has 0 amide bonds. The Hall–Kier alpha value is 1.54. The Kier molecular flexibility index (Phi) is 35.6. The minimum absolute atomic E-state index is 0. The van der Waals surface area contributed by atoms with E-state index in [2.05, 4.69) is 20.8 Å². The van der Waals surface area contributed by atoms with Crippen molar-refractivity contribution in [1.29, 1.82) is 0 Å². The zero-order valence-corrected chi connectivity index (χ0v) is 14.8.